The summed E-state index contributed by atoms with van der Waals surface area (Å²) >= 11 is 0. The number of imidazole rings is 1. The molecule has 4 nitrogen and oxygen atoms in total. The van der Waals surface area contributed by atoms with Crippen LogP contribution in [-0.4, -0.2) is 14.5 Å². The van der Waals surface area contributed by atoms with Gasteiger partial charge < -0.3 is 9.55 Å². The van der Waals surface area contributed by atoms with E-state index in [1.807, 2.05) is 37.3 Å². The zero-order chi connectivity index (χ0) is 21.4. The Balaban J connectivity index is 1.65. The fourth-order valence-electron chi connectivity index (χ4n) is 4.16. The van der Waals surface area contributed by atoms with E-state index in [4.69, 9.17) is 0 Å². The van der Waals surface area contributed by atoms with Crippen LogP contribution in [0.25, 0.3) is 33.6 Å². The summed E-state index contributed by atoms with van der Waals surface area (Å²) in [6.07, 6.45) is 1.96. The van der Waals surface area contributed by atoms with Crippen molar-refractivity contribution in [1.82, 2.24) is 14.5 Å². The number of nitrogens with zero attached hydrogens (tertiary/aromatic N) is 3. The smallest absolute Gasteiger partial charge is 0.149 e. The molecule has 150 valence electrons. The zero-order valence-electron chi connectivity index (χ0n) is 17.6. The number of rotatable bonds is 4. The van der Waals surface area contributed by atoms with E-state index in [0.717, 1.165) is 45.3 Å². The van der Waals surface area contributed by atoms with Crippen LogP contribution in [0.3, 0.4) is 0 Å². The second kappa shape index (κ2) is 7.62. The minimum atomic E-state index is 0.527. The Morgan fingerprint density at radius 1 is 1.03 bits per heavy atom. The average molecular weight is 403 g/mol. The summed E-state index contributed by atoms with van der Waals surface area (Å²) in [5, 5.41) is 11.1. The largest absolute Gasteiger partial charge is 0.340 e. The SMILES string of the molecule is Cc1ccc2nc(C(C#N)=Cc3c(C)n(Cc4ccccc4)c4ccccc34)[nH]c2c1. The lowest BCUT2D eigenvalue weighted by Crippen LogP contribution is -2.01. The Labute approximate surface area is 181 Å². The maximum atomic E-state index is 9.94. The van der Waals surface area contributed by atoms with Crippen LogP contribution in [-0.2, 0) is 6.54 Å². The molecule has 0 saturated carbocycles. The van der Waals surface area contributed by atoms with Gasteiger partial charge in [0.05, 0.1) is 16.6 Å². The molecule has 5 rings (SSSR count). The predicted molar refractivity (Wildman–Crippen MR) is 127 cm³/mol. The van der Waals surface area contributed by atoms with Gasteiger partial charge in [0.1, 0.15) is 11.9 Å². The van der Waals surface area contributed by atoms with Crippen LogP contribution in [0.4, 0.5) is 0 Å². The summed E-state index contributed by atoms with van der Waals surface area (Å²) in [5.74, 6) is 0.599. The Morgan fingerprint density at radius 3 is 2.61 bits per heavy atom. The molecule has 0 bridgehead atoms. The summed E-state index contributed by atoms with van der Waals surface area (Å²) < 4.78 is 2.31. The summed E-state index contributed by atoms with van der Waals surface area (Å²) in [6.45, 7) is 4.95. The third-order valence-electron chi connectivity index (χ3n) is 5.76. The molecule has 0 aliphatic carbocycles. The van der Waals surface area contributed by atoms with Crippen LogP contribution in [0.2, 0.25) is 0 Å². The van der Waals surface area contributed by atoms with Gasteiger partial charge in [-0.25, -0.2) is 4.98 Å². The first-order valence-electron chi connectivity index (χ1n) is 10.3. The van der Waals surface area contributed by atoms with Crippen molar-refractivity contribution in [2.24, 2.45) is 0 Å². The van der Waals surface area contributed by atoms with Gasteiger partial charge in [0, 0.05) is 28.7 Å². The lowest BCUT2D eigenvalue weighted by Gasteiger charge is -2.08. The average Bonchev–Trinajstić information content (AvgIpc) is 3.32. The lowest BCUT2D eigenvalue weighted by atomic mass is 10.1. The van der Waals surface area contributed by atoms with E-state index in [0.29, 0.717) is 11.4 Å². The molecule has 3 aromatic carbocycles. The lowest BCUT2D eigenvalue weighted by molar-refractivity contribution is 0.804. The van der Waals surface area contributed by atoms with E-state index in [-0.39, 0.29) is 0 Å². The first-order valence-corrected chi connectivity index (χ1v) is 10.3. The second-order valence-corrected chi connectivity index (χ2v) is 7.86. The van der Waals surface area contributed by atoms with Crippen LogP contribution in [0.15, 0.2) is 72.8 Å². The van der Waals surface area contributed by atoms with Crippen molar-refractivity contribution >= 4 is 33.6 Å². The number of hydrogen-bond donors (Lipinski definition) is 1. The van der Waals surface area contributed by atoms with Crippen molar-refractivity contribution in [1.29, 1.82) is 5.26 Å². The molecule has 0 aliphatic heterocycles. The topological polar surface area (TPSA) is 57.4 Å². The Hall–Kier alpha value is -4.10. The van der Waals surface area contributed by atoms with E-state index >= 15 is 0 Å². The minimum Gasteiger partial charge on any atom is -0.340 e. The number of aromatic amines is 1. The van der Waals surface area contributed by atoms with Gasteiger partial charge in [0.25, 0.3) is 0 Å². The van der Waals surface area contributed by atoms with E-state index in [1.165, 1.54) is 5.56 Å². The molecule has 0 atom stereocenters. The van der Waals surface area contributed by atoms with Crippen LogP contribution < -0.4 is 0 Å². The van der Waals surface area contributed by atoms with Gasteiger partial charge in [-0.05, 0) is 49.2 Å². The summed E-state index contributed by atoms with van der Waals surface area (Å²) in [4.78, 5) is 7.97. The fourth-order valence-corrected chi connectivity index (χ4v) is 4.16. The normalized spacial score (nSPS) is 11.8. The zero-order valence-corrected chi connectivity index (χ0v) is 17.6. The number of fused-ring (bicyclic) bond motifs is 2. The number of nitrogens with one attached hydrogen (secondary N) is 1. The first kappa shape index (κ1) is 18.9. The quantitative estimate of drug-likeness (QED) is 0.361. The minimum absolute atomic E-state index is 0.527. The molecule has 0 amide bonds. The van der Waals surface area contributed by atoms with Gasteiger partial charge in [0.2, 0.25) is 0 Å². The molecule has 0 spiro atoms. The van der Waals surface area contributed by atoms with Gasteiger partial charge in [-0.3, -0.25) is 0 Å². The summed E-state index contributed by atoms with van der Waals surface area (Å²) in [7, 11) is 0. The van der Waals surface area contributed by atoms with Crippen molar-refractivity contribution in [2.45, 2.75) is 20.4 Å². The molecular weight excluding hydrogens is 380 g/mol. The monoisotopic (exact) mass is 402 g/mol. The molecule has 0 aliphatic rings. The molecule has 2 aromatic heterocycles. The van der Waals surface area contributed by atoms with Crippen molar-refractivity contribution < 1.29 is 0 Å². The van der Waals surface area contributed by atoms with Crippen molar-refractivity contribution in [2.75, 3.05) is 0 Å². The third kappa shape index (κ3) is 3.41. The third-order valence-corrected chi connectivity index (χ3v) is 5.76. The van der Waals surface area contributed by atoms with E-state index in [9.17, 15) is 5.26 Å². The Kier molecular flexibility index (Phi) is 4.65. The van der Waals surface area contributed by atoms with E-state index in [1.54, 1.807) is 0 Å². The number of aryl methyl sites for hydroxylation is 1. The molecular formula is C27H22N4. The predicted octanol–water partition coefficient (Wildman–Crippen LogP) is 6.25. The maximum absolute atomic E-state index is 9.94. The van der Waals surface area contributed by atoms with Crippen LogP contribution in [0, 0.1) is 25.2 Å². The van der Waals surface area contributed by atoms with E-state index < -0.39 is 0 Å². The number of hydrogen-bond acceptors (Lipinski definition) is 2. The maximum Gasteiger partial charge on any atom is 0.149 e. The van der Waals surface area contributed by atoms with Gasteiger partial charge in [-0.15, -0.1) is 0 Å². The molecule has 31 heavy (non-hydrogen) atoms. The molecule has 0 unspecified atom stereocenters. The molecule has 1 N–H and O–H groups in total. The highest BCUT2D eigenvalue weighted by Crippen LogP contribution is 2.30. The molecule has 0 radical (unpaired) electrons. The summed E-state index contributed by atoms with van der Waals surface area (Å²) in [5.41, 5.74) is 8.08. The Morgan fingerprint density at radius 2 is 1.81 bits per heavy atom. The van der Waals surface area contributed by atoms with Gasteiger partial charge >= 0.3 is 0 Å². The molecule has 5 aromatic rings. The molecule has 2 heterocycles. The van der Waals surface area contributed by atoms with Gasteiger partial charge in [0.15, 0.2) is 0 Å². The Bertz CT molecular complexity index is 1480. The number of nitriles is 1. The van der Waals surface area contributed by atoms with Crippen LogP contribution in [0.5, 0.6) is 0 Å². The number of allylic oxidation sites excluding steroid dienone is 1. The van der Waals surface area contributed by atoms with Crippen molar-refractivity contribution in [3.8, 4) is 6.07 Å². The van der Waals surface area contributed by atoms with Gasteiger partial charge in [-0.1, -0.05) is 54.6 Å². The molecule has 0 fully saturated rings. The van der Waals surface area contributed by atoms with Crippen LogP contribution >= 0.6 is 0 Å². The fraction of sp³-hybridized carbons (Fsp3) is 0.111. The van der Waals surface area contributed by atoms with Gasteiger partial charge in [-0.2, -0.15) is 5.26 Å². The first-order chi connectivity index (χ1) is 15.1. The second-order valence-electron chi connectivity index (χ2n) is 7.86. The standard InChI is InChI=1S/C27H22N4/c1-18-12-13-24-25(14-18)30-27(29-24)21(16-28)15-23-19(2)31(17-20-8-4-3-5-9-20)26-11-7-6-10-22(23)26/h3-15H,17H2,1-2H3,(H,29,30). The van der Waals surface area contributed by atoms with Crippen molar-refractivity contribution in [3.63, 3.8) is 0 Å². The highest BCUT2D eigenvalue weighted by molar-refractivity contribution is 5.99. The summed E-state index contributed by atoms with van der Waals surface area (Å²) in [6, 6.07) is 27.2. The highest BCUT2D eigenvalue weighted by Gasteiger charge is 2.15. The number of benzene rings is 3. The van der Waals surface area contributed by atoms with E-state index in [2.05, 4.69) is 76.1 Å². The van der Waals surface area contributed by atoms with Crippen molar-refractivity contribution in [3.05, 3.63) is 101 Å². The number of para-hydroxylation sites is 1. The highest BCUT2D eigenvalue weighted by atomic mass is 15.0. The molecule has 4 heteroatoms. The number of aromatic nitrogens is 3. The number of H-pyrrole nitrogens is 1. The molecule has 0 saturated heterocycles. The van der Waals surface area contributed by atoms with Crippen LogP contribution in [0.1, 0.15) is 28.2 Å².